The molecule has 0 rings (SSSR count). The molecule has 0 unspecified atom stereocenters. The van der Waals surface area contributed by atoms with E-state index in [1.807, 2.05) is 0 Å². The van der Waals surface area contributed by atoms with Crippen molar-refractivity contribution in [3.63, 3.8) is 0 Å². The molecule has 0 aliphatic carbocycles. The van der Waals surface area contributed by atoms with Gasteiger partial charge in [0, 0.05) is 0 Å². The molecule has 0 aromatic rings. The fraction of sp³-hybridized carbons (Fsp3) is 1.00. The summed E-state index contributed by atoms with van der Waals surface area (Å²) in [6.45, 7) is 9.06. The maximum atomic E-state index is 4.61. The van der Waals surface area contributed by atoms with Crippen molar-refractivity contribution in [1.29, 1.82) is 0 Å². The van der Waals surface area contributed by atoms with Gasteiger partial charge in [0.2, 0.25) is 0 Å². The van der Waals surface area contributed by atoms with Gasteiger partial charge in [-0.3, -0.25) is 0 Å². The first-order valence-electron chi connectivity index (χ1n) is 5.62. The third kappa shape index (κ3) is 18.3. The van der Waals surface area contributed by atoms with Crippen molar-refractivity contribution < 1.29 is 18.8 Å². The second-order valence-corrected chi connectivity index (χ2v) is 7.54. The van der Waals surface area contributed by atoms with Gasteiger partial charge < -0.3 is 0 Å². The second-order valence-electron chi connectivity index (χ2n) is 3.60. The van der Waals surface area contributed by atoms with Gasteiger partial charge in [0.1, 0.15) is 0 Å². The van der Waals surface area contributed by atoms with Crippen molar-refractivity contribution in [1.82, 2.24) is 4.90 Å². The third-order valence-corrected chi connectivity index (χ3v) is 6.16. The van der Waals surface area contributed by atoms with E-state index in [1.165, 1.54) is 18.5 Å². The fourth-order valence-corrected chi connectivity index (χ4v) is 2.79. The molecule has 0 fully saturated rings. The van der Waals surface area contributed by atoms with E-state index in [1.54, 1.807) is 18.8 Å². The molecule has 1 radical (unpaired) electrons. The van der Waals surface area contributed by atoms with E-state index in [2.05, 4.69) is 72.1 Å². The van der Waals surface area contributed by atoms with Gasteiger partial charge in [-0.25, -0.2) is 0 Å². The van der Waals surface area contributed by atoms with E-state index in [4.69, 9.17) is 0 Å². The van der Waals surface area contributed by atoms with Crippen LogP contribution in [-0.2, 0) is 18.8 Å². The first-order valence-corrected chi connectivity index (χ1v) is 11.5. The van der Waals surface area contributed by atoms with Gasteiger partial charge in [0.15, 0.2) is 0 Å². The Labute approximate surface area is 128 Å². The molecule has 1 atom stereocenters. The van der Waals surface area contributed by atoms with E-state index in [-0.39, 0.29) is 0 Å². The van der Waals surface area contributed by atoms with Crippen LogP contribution < -0.4 is 0 Å². The van der Waals surface area contributed by atoms with Crippen molar-refractivity contribution in [3.05, 3.63) is 0 Å². The second kappa shape index (κ2) is 19.2. The van der Waals surface area contributed by atoms with Gasteiger partial charge in [-0.15, -0.1) is 7.92 Å². The van der Waals surface area contributed by atoms with Crippen LogP contribution in [0.2, 0.25) is 5.32 Å². The Bertz CT molecular complexity index is 107. The van der Waals surface area contributed by atoms with Crippen molar-refractivity contribution >= 4 is 33.4 Å². The zero-order chi connectivity index (χ0) is 13.6. The summed E-state index contributed by atoms with van der Waals surface area (Å²) in [4.78, 5) is 2.19. The average molecular weight is 514 g/mol. The quantitative estimate of drug-likeness (QED) is 0.400. The molecule has 0 heterocycles. The van der Waals surface area contributed by atoms with Gasteiger partial charge in [-0.05, 0) is 18.5 Å². The number of hydrogen-bond acceptors (Lipinski definition) is 1. The van der Waals surface area contributed by atoms with Gasteiger partial charge >= 0.3 is 81.5 Å². The van der Waals surface area contributed by atoms with Crippen LogP contribution in [0.4, 0.5) is 0 Å². The monoisotopic (exact) mass is 514 g/mol. The first kappa shape index (κ1) is 23.0. The van der Waals surface area contributed by atoms with Gasteiger partial charge in [0.05, 0.1) is 0 Å². The number of halogens is 1. The molecular formula is C11H27ClNPPtSe. The molecule has 0 aromatic heterocycles. The predicted molar refractivity (Wildman–Crippen MR) is 78.1 cm³/mol. The Morgan fingerprint density at radius 1 is 1.12 bits per heavy atom. The number of rotatable bonds is 5. The molecule has 0 N–H and O–H groups in total. The minimum atomic E-state index is 0.446. The average Bonchev–Trinajstić information content (AvgIpc) is 2.33. The summed E-state index contributed by atoms with van der Waals surface area (Å²) in [5.74, 6) is 0. The zero-order valence-electron chi connectivity index (χ0n) is 11.4. The maximum absolute atomic E-state index is 4.61. The zero-order valence-corrected chi connectivity index (χ0v) is 17.0. The van der Waals surface area contributed by atoms with Crippen LogP contribution >= 0.6 is 17.3 Å². The summed E-state index contributed by atoms with van der Waals surface area (Å²) in [5, 5.41) is 1.12. The van der Waals surface area contributed by atoms with Crippen LogP contribution in [0, 0.1) is 0 Å². The molecule has 0 saturated carbocycles. The van der Waals surface area contributed by atoms with E-state index in [9.17, 15) is 0 Å². The van der Waals surface area contributed by atoms with Crippen LogP contribution in [0.1, 0.15) is 27.7 Å². The standard InChI is InChI=1S/C6H15P.C5H12NSe.ClH.Pt/c1-4-7(5-2)6-3;1-5(4-7)6(2)3;;/h4-6H2,1-3H3;5H,4H2,1-3H3;1H;/q;;;+1/p-1/t;5-;;/m.0../s1. The van der Waals surface area contributed by atoms with E-state index in [0.29, 0.717) is 14.0 Å². The van der Waals surface area contributed by atoms with Crippen LogP contribution in [-0.4, -0.2) is 59.5 Å². The molecule has 0 aliphatic heterocycles. The first-order chi connectivity index (χ1) is 7.53. The Morgan fingerprint density at radius 3 is 1.44 bits per heavy atom. The van der Waals surface area contributed by atoms with Crippen LogP contribution in [0.15, 0.2) is 0 Å². The summed E-state index contributed by atoms with van der Waals surface area (Å²) in [6.07, 6.45) is 4.26. The molecule has 104 valence electrons. The SMILES string of the molecule is CCP(CC)CC.C[C@@H](C[Se])N(C)C.[Cl][Pt]. The normalized spacial score (nSPS) is 11.5. The Kier molecular flexibility index (Phi) is 27.7. The van der Waals surface area contributed by atoms with E-state index in [0.717, 1.165) is 5.32 Å². The van der Waals surface area contributed by atoms with Gasteiger partial charge in [-0.1, -0.05) is 20.8 Å². The summed E-state index contributed by atoms with van der Waals surface area (Å²) < 4.78 is 0. The van der Waals surface area contributed by atoms with Crippen LogP contribution in [0.25, 0.3) is 0 Å². The molecular weight excluding hydrogens is 487 g/mol. The van der Waals surface area contributed by atoms with Crippen molar-refractivity contribution in [2.24, 2.45) is 0 Å². The molecule has 1 nitrogen and oxygen atoms in total. The Morgan fingerprint density at radius 2 is 1.44 bits per heavy atom. The molecule has 0 saturated heterocycles. The van der Waals surface area contributed by atoms with Crippen molar-refractivity contribution in [3.8, 4) is 0 Å². The van der Waals surface area contributed by atoms with Crippen molar-refractivity contribution in [2.45, 2.75) is 39.1 Å². The molecule has 0 aliphatic rings. The molecule has 0 aromatic carbocycles. The summed E-state index contributed by atoms with van der Waals surface area (Å²) in [7, 11) is 9.23. The van der Waals surface area contributed by atoms with Gasteiger partial charge in [-0.2, -0.15) is 0 Å². The summed E-state index contributed by atoms with van der Waals surface area (Å²) in [5.41, 5.74) is 0. The molecule has 0 bridgehead atoms. The third-order valence-electron chi connectivity index (χ3n) is 2.46. The van der Waals surface area contributed by atoms with Crippen LogP contribution in [0.5, 0.6) is 0 Å². The van der Waals surface area contributed by atoms with Crippen molar-refractivity contribution in [2.75, 3.05) is 32.6 Å². The summed E-state index contributed by atoms with van der Waals surface area (Å²) >= 11 is 4.59. The fourth-order valence-electron chi connectivity index (χ4n) is 0.820. The molecule has 0 spiro atoms. The van der Waals surface area contributed by atoms with E-state index < -0.39 is 0 Å². The Balaban J connectivity index is -0.000000183. The Hall–Kier alpha value is 1.89. The molecule has 5 heteroatoms. The molecule has 0 amide bonds. The number of nitrogens with zero attached hydrogens (tertiary/aromatic N) is 1. The predicted octanol–water partition coefficient (Wildman–Crippen LogP) is 3.74. The minimum absolute atomic E-state index is 0.446. The summed E-state index contributed by atoms with van der Waals surface area (Å²) in [6, 6.07) is 0.681. The van der Waals surface area contributed by atoms with Gasteiger partial charge in [0.25, 0.3) is 0 Å². The topological polar surface area (TPSA) is 3.24 Å². The molecule has 16 heavy (non-hydrogen) atoms. The van der Waals surface area contributed by atoms with E-state index >= 15 is 0 Å². The number of hydrogen-bond donors (Lipinski definition) is 0. The van der Waals surface area contributed by atoms with Crippen LogP contribution in [0.3, 0.4) is 0 Å².